The predicted molar refractivity (Wildman–Crippen MR) is 76.4 cm³/mol. The zero-order valence-corrected chi connectivity index (χ0v) is 12.4. The molecule has 2 aromatic rings. The standard InChI is InChI=1S/C16H14F4S/c1-9(2)11-12(17)14(19)16(15(20)13(11)18)21-8-10-6-4-3-5-7-10/h3-7,9H,8H2,1-2H3. The molecular formula is C16H14F4S. The Hall–Kier alpha value is -1.49. The van der Waals surface area contributed by atoms with E-state index in [2.05, 4.69) is 0 Å². The highest BCUT2D eigenvalue weighted by Crippen LogP contribution is 2.35. The van der Waals surface area contributed by atoms with E-state index in [1.54, 1.807) is 24.3 Å². The van der Waals surface area contributed by atoms with Gasteiger partial charge in [0.2, 0.25) is 0 Å². The van der Waals surface area contributed by atoms with Crippen molar-refractivity contribution in [1.29, 1.82) is 0 Å². The van der Waals surface area contributed by atoms with Crippen LogP contribution in [0.5, 0.6) is 0 Å². The number of hydrogen-bond acceptors (Lipinski definition) is 1. The van der Waals surface area contributed by atoms with E-state index in [9.17, 15) is 17.6 Å². The van der Waals surface area contributed by atoms with Gasteiger partial charge in [-0.2, -0.15) is 0 Å². The van der Waals surface area contributed by atoms with Gasteiger partial charge in [-0.25, -0.2) is 17.6 Å². The largest absolute Gasteiger partial charge is 0.203 e. The number of thioether (sulfide) groups is 1. The summed E-state index contributed by atoms with van der Waals surface area (Å²) in [5, 5.41) is 0. The lowest BCUT2D eigenvalue weighted by Gasteiger charge is -2.13. The average molecular weight is 314 g/mol. The van der Waals surface area contributed by atoms with Gasteiger partial charge in [0.05, 0.1) is 4.90 Å². The summed E-state index contributed by atoms with van der Waals surface area (Å²) < 4.78 is 55.7. The van der Waals surface area contributed by atoms with Crippen molar-refractivity contribution in [3.05, 3.63) is 64.7 Å². The van der Waals surface area contributed by atoms with Gasteiger partial charge >= 0.3 is 0 Å². The Kier molecular flexibility index (Phi) is 4.93. The fraction of sp³-hybridized carbons (Fsp3) is 0.250. The molecule has 0 bridgehead atoms. The van der Waals surface area contributed by atoms with Crippen LogP contribution in [0.3, 0.4) is 0 Å². The van der Waals surface area contributed by atoms with Crippen LogP contribution in [-0.2, 0) is 5.75 Å². The fourth-order valence-corrected chi connectivity index (χ4v) is 2.93. The van der Waals surface area contributed by atoms with Crippen molar-refractivity contribution in [3.8, 4) is 0 Å². The third-order valence-corrected chi connectivity index (χ3v) is 4.19. The number of halogens is 4. The molecule has 0 aliphatic heterocycles. The minimum Gasteiger partial charge on any atom is -0.203 e. The lowest BCUT2D eigenvalue weighted by atomic mass is 10.0. The average Bonchev–Trinajstić information content (AvgIpc) is 2.46. The zero-order chi connectivity index (χ0) is 15.6. The molecule has 0 amide bonds. The van der Waals surface area contributed by atoms with E-state index in [0.29, 0.717) is 0 Å². The van der Waals surface area contributed by atoms with Crippen LogP contribution < -0.4 is 0 Å². The first-order valence-electron chi connectivity index (χ1n) is 6.46. The Balaban J connectivity index is 2.37. The molecule has 0 aromatic heterocycles. The topological polar surface area (TPSA) is 0 Å². The molecule has 0 spiro atoms. The van der Waals surface area contributed by atoms with Gasteiger partial charge in [-0.15, -0.1) is 11.8 Å². The molecule has 0 saturated heterocycles. The SMILES string of the molecule is CC(C)c1c(F)c(F)c(SCc2ccccc2)c(F)c1F. The Morgan fingerprint density at radius 2 is 1.38 bits per heavy atom. The summed E-state index contributed by atoms with van der Waals surface area (Å²) in [5.74, 6) is -5.66. The van der Waals surface area contributed by atoms with E-state index in [1.165, 1.54) is 13.8 Å². The van der Waals surface area contributed by atoms with Gasteiger partial charge in [0.1, 0.15) is 0 Å². The van der Waals surface area contributed by atoms with Gasteiger partial charge < -0.3 is 0 Å². The zero-order valence-electron chi connectivity index (χ0n) is 11.6. The normalized spacial score (nSPS) is 11.2. The first-order valence-corrected chi connectivity index (χ1v) is 7.44. The van der Waals surface area contributed by atoms with Crippen LogP contribution in [-0.4, -0.2) is 0 Å². The minimum absolute atomic E-state index is 0.231. The van der Waals surface area contributed by atoms with E-state index >= 15 is 0 Å². The molecule has 0 saturated carbocycles. The van der Waals surface area contributed by atoms with Crippen LogP contribution in [0.15, 0.2) is 35.2 Å². The van der Waals surface area contributed by atoms with Crippen LogP contribution >= 0.6 is 11.8 Å². The van der Waals surface area contributed by atoms with Gasteiger partial charge in [0.25, 0.3) is 0 Å². The van der Waals surface area contributed by atoms with Crippen molar-refractivity contribution in [2.24, 2.45) is 0 Å². The number of benzene rings is 2. The van der Waals surface area contributed by atoms with Crippen molar-refractivity contribution < 1.29 is 17.6 Å². The summed E-state index contributed by atoms with van der Waals surface area (Å²) in [5.41, 5.74) is 0.268. The van der Waals surface area contributed by atoms with E-state index in [4.69, 9.17) is 0 Å². The van der Waals surface area contributed by atoms with E-state index < -0.39 is 39.6 Å². The van der Waals surface area contributed by atoms with E-state index in [0.717, 1.165) is 17.3 Å². The monoisotopic (exact) mass is 314 g/mol. The lowest BCUT2D eigenvalue weighted by molar-refractivity contribution is 0.407. The number of rotatable bonds is 4. The van der Waals surface area contributed by atoms with E-state index in [-0.39, 0.29) is 5.75 Å². The van der Waals surface area contributed by atoms with E-state index in [1.807, 2.05) is 6.07 Å². The quantitative estimate of drug-likeness (QED) is 0.399. The third kappa shape index (κ3) is 3.23. The molecule has 0 fully saturated rings. The Labute approximate surface area is 125 Å². The van der Waals surface area contributed by atoms with Crippen LogP contribution in [0, 0.1) is 23.3 Å². The molecule has 0 unspecified atom stereocenters. The van der Waals surface area contributed by atoms with Crippen molar-refractivity contribution in [3.63, 3.8) is 0 Å². The summed E-state index contributed by atoms with van der Waals surface area (Å²) in [7, 11) is 0. The molecular weight excluding hydrogens is 300 g/mol. The highest BCUT2D eigenvalue weighted by Gasteiger charge is 2.26. The molecule has 0 N–H and O–H groups in total. The second-order valence-corrected chi connectivity index (χ2v) is 5.91. The van der Waals surface area contributed by atoms with Crippen LogP contribution in [0.2, 0.25) is 0 Å². The van der Waals surface area contributed by atoms with Crippen molar-refractivity contribution in [2.75, 3.05) is 0 Å². The van der Waals surface area contributed by atoms with Gasteiger partial charge in [-0.3, -0.25) is 0 Å². The molecule has 0 aliphatic rings. The lowest BCUT2D eigenvalue weighted by Crippen LogP contribution is -2.07. The van der Waals surface area contributed by atoms with Crippen molar-refractivity contribution in [1.82, 2.24) is 0 Å². The first-order chi connectivity index (χ1) is 9.93. The highest BCUT2D eigenvalue weighted by atomic mass is 32.2. The molecule has 2 aromatic carbocycles. The summed E-state index contributed by atoms with van der Waals surface area (Å²) in [6, 6.07) is 8.93. The molecule has 21 heavy (non-hydrogen) atoms. The third-order valence-electron chi connectivity index (χ3n) is 3.06. The highest BCUT2D eigenvalue weighted by molar-refractivity contribution is 7.98. The fourth-order valence-electron chi connectivity index (χ4n) is 1.99. The molecule has 0 heterocycles. The van der Waals surface area contributed by atoms with Crippen molar-refractivity contribution >= 4 is 11.8 Å². The van der Waals surface area contributed by atoms with Crippen LogP contribution in [0.25, 0.3) is 0 Å². The second kappa shape index (κ2) is 6.52. The summed E-state index contributed by atoms with van der Waals surface area (Å²) in [6.07, 6.45) is 0. The summed E-state index contributed by atoms with van der Waals surface area (Å²) >= 11 is 0.746. The molecule has 112 valence electrons. The van der Waals surface area contributed by atoms with Crippen LogP contribution in [0.1, 0.15) is 30.9 Å². The Morgan fingerprint density at radius 3 is 1.86 bits per heavy atom. The maximum absolute atomic E-state index is 14.0. The van der Waals surface area contributed by atoms with Crippen molar-refractivity contribution in [2.45, 2.75) is 30.4 Å². The van der Waals surface area contributed by atoms with Gasteiger partial charge in [0.15, 0.2) is 23.3 Å². The predicted octanol–water partition coefficient (Wildman–Crippen LogP) is 5.66. The first kappa shape index (κ1) is 15.9. The maximum atomic E-state index is 14.0. The van der Waals surface area contributed by atoms with Gasteiger partial charge in [-0.1, -0.05) is 44.2 Å². The minimum atomic E-state index is -1.32. The second-order valence-electron chi connectivity index (χ2n) is 4.93. The smallest absolute Gasteiger partial charge is 0.175 e. The molecule has 0 radical (unpaired) electrons. The summed E-state index contributed by atoms with van der Waals surface area (Å²) in [6.45, 7) is 2.97. The molecule has 5 heteroatoms. The molecule has 0 nitrogen and oxygen atoms in total. The maximum Gasteiger partial charge on any atom is 0.175 e. The molecule has 2 rings (SSSR count). The Bertz CT molecular complexity index is 609. The number of hydrogen-bond donors (Lipinski definition) is 0. The van der Waals surface area contributed by atoms with Gasteiger partial charge in [0, 0.05) is 11.3 Å². The van der Waals surface area contributed by atoms with Gasteiger partial charge in [-0.05, 0) is 11.5 Å². The van der Waals surface area contributed by atoms with Crippen LogP contribution in [0.4, 0.5) is 17.6 Å². The Morgan fingerprint density at radius 1 is 0.857 bits per heavy atom. The molecule has 0 aliphatic carbocycles. The summed E-state index contributed by atoms with van der Waals surface area (Å²) in [4.78, 5) is -0.613. The molecule has 0 atom stereocenters.